The molecule has 0 radical (unpaired) electrons. The topological polar surface area (TPSA) is 107 Å². The van der Waals surface area contributed by atoms with Gasteiger partial charge in [-0.3, -0.25) is 14.5 Å². The largest absolute Gasteiger partial charge is 1.00 e. The van der Waals surface area contributed by atoms with Crippen molar-refractivity contribution in [3.8, 4) is 0 Å². The first-order chi connectivity index (χ1) is 11.0. The van der Waals surface area contributed by atoms with Gasteiger partial charge in [0.05, 0.1) is 13.0 Å². The van der Waals surface area contributed by atoms with E-state index in [1.165, 1.54) is 23.1 Å². The van der Waals surface area contributed by atoms with Crippen LogP contribution in [0.2, 0.25) is 0 Å². The van der Waals surface area contributed by atoms with E-state index in [0.29, 0.717) is 11.3 Å². The number of β-lactam (4-membered cyclic amide) rings is 1. The summed E-state index contributed by atoms with van der Waals surface area (Å²) < 4.78 is 0. The van der Waals surface area contributed by atoms with Gasteiger partial charge in [-0.05, 0) is 17.0 Å². The number of aliphatic hydroxyl groups is 1. The van der Waals surface area contributed by atoms with Crippen molar-refractivity contribution in [1.82, 2.24) is 10.2 Å². The zero-order valence-corrected chi connectivity index (χ0v) is 16.5. The fourth-order valence-electron chi connectivity index (χ4n) is 2.60. The van der Waals surface area contributed by atoms with Crippen LogP contribution in [-0.4, -0.2) is 56.7 Å². The minimum absolute atomic E-state index is 0. The second kappa shape index (κ2) is 8.03. The van der Waals surface area contributed by atoms with Gasteiger partial charge in [0, 0.05) is 10.6 Å². The zero-order chi connectivity index (χ0) is 16.6. The second-order valence-corrected chi connectivity index (χ2v) is 7.26. The molecule has 1 fully saturated rings. The number of aliphatic hydroxyl groups excluding tert-OH is 1. The van der Waals surface area contributed by atoms with Crippen LogP contribution in [0.15, 0.2) is 28.8 Å². The summed E-state index contributed by atoms with van der Waals surface area (Å²) in [4.78, 5) is 37.6. The van der Waals surface area contributed by atoms with E-state index in [4.69, 9.17) is 0 Å². The summed E-state index contributed by atoms with van der Waals surface area (Å²) in [5, 5.41) is 22.6. The molecule has 1 aromatic heterocycles. The number of rotatable bonds is 5. The van der Waals surface area contributed by atoms with Crippen LogP contribution >= 0.6 is 23.1 Å². The molecule has 1 saturated heterocycles. The molecule has 2 amide bonds. The molecule has 0 unspecified atom stereocenters. The first-order valence-corrected chi connectivity index (χ1v) is 8.78. The number of thioether (sulfide) groups is 1. The average molecular weight is 378 g/mol. The van der Waals surface area contributed by atoms with Crippen molar-refractivity contribution in [2.75, 3.05) is 12.4 Å². The van der Waals surface area contributed by atoms with Gasteiger partial charge >= 0.3 is 35.5 Å². The fraction of sp³-hybridized carbons (Fsp3) is 0.357. The number of nitrogens with zero attached hydrogens (tertiary/aromatic N) is 1. The quantitative estimate of drug-likeness (QED) is 0.376. The van der Waals surface area contributed by atoms with Crippen molar-refractivity contribution in [3.05, 3.63) is 33.7 Å². The summed E-state index contributed by atoms with van der Waals surface area (Å²) >= 11 is 2.80. The van der Waals surface area contributed by atoms with E-state index < -0.39 is 29.9 Å². The SMILES string of the molecule is O=C(Cc1cccs1)N[C@@H]1C(=O)N2C(C(=O)O)=C(CO)CS[C@H]12.[H-].[Na+]. The Morgan fingerprint density at radius 3 is 2.79 bits per heavy atom. The number of thiophene rings is 1. The van der Waals surface area contributed by atoms with Crippen LogP contribution in [0.4, 0.5) is 0 Å². The Labute approximate surface area is 169 Å². The number of carbonyl (C=O) groups is 3. The van der Waals surface area contributed by atoms with Gasteiger partial charge in [0.1, 0.15) is 17.1 Å². The third kappa shape index (κ3) is 3.56. The Balaban J connectivity index is 0.00000156. The van der Waals surface area contributed by atoms with Gasteiger partial charge in [0.15, 0.2) is 0 Å². The van der Waals surface area contributed by atoms with E-state index in [-0.39, 0.29) is 49.0 Å². The van der Waals surface area contributed by atoms with Crippen LogP contribution in [0.5, 0.6) is 0 Å². The van der Waals surface area contributed by atoms with Crippen LogP contribution in [0, 0.1) is 0 Å². The molecule has 0 aliphatic carbocycles. The predicted molar refractivity (Wildman–Crippen MR) is 85.9 cm³/mol. The summed E-state index contributed by atoms with van der Waals surface area (Å²) in [6.45, 7) is -0.402. The van der Waals surface area contributed by atoms with Crippen molar-refractivity contribution in [1.29, 1.82) is 0 Å². The number of hydrogen-bond donors (Lipinski definition) is 3. The summed E-state index contributed by atoms with van der Waals surface area (Å²) in [6.07, 6.45) is 0.197. The molecular weight excluding hydrogens is 363 g/mol. The van der Waals surface area contributed by atoms with Gasteiger partial charge in [0.25, 0.3) is 5.91 Å². The normalized spacial score (nSPS) is 22.4. The van der Waals surface area contributed by atoms with Crippen molar-refractivity contribution < 1.29 is 55.6 Å². The maximum Gasteiger partial charge on any atom is 1.00 e. The number of fused-ring (bicyclic) bond motifs is 1. The minimum atomic E-state index is -1.24. The predicted octanol–water partition coefficient (Wildman–Crippen LogP) is -2.86. The number of carbonyl (C=O) groups excluding carboxylic acids is 2. The summed E-state index contributed by atoms with van der Waals surface area (Å²) in [7, 11) is 0. The van der Waals surface area contributed by atoms with Crippen LogP contribution in [-0.2, 0) is 20.8 Å². The summed E-state index contributed by atoms with van der Waals surface area (Å²) in [5.74, 6) is -1.63. The molecule has 124 valence electrons. The van der Waals surface area contributed by atoms with Gasteiger partial charge in [-0.2, -0.15) is 0 Å². The molecule has 3 rings (SSSR count). The smallest absolute Gasteiger partial charge is 1.00 e. The van der Waals surface area contributed by atoms with Crippen molar-refractivity contribution in [2.24, 2.45) is 0 Å². The molecule has 3 N–H and O–H groups in total. The Kier molecular flexibility index (Phi) is 6.52. The molecule has 1 aromatic rings. The molecular formula is C14H15N2NaO5S2. The number of amides is 2. The van der Waals surface area contributed by atoms with E-state index in [1.807, 2.05) is 17.5 Å². The number of nitrogens with one attached hydrogen (secondary N) is 1. The molecule has 7 nitrogen and oxygen atoms in total. The average Bonchev–Trinajstić information content (AvgIpc) is 3.03. The Hall–Kier alpha value is -0.840. The van der Waals surface area contributed by atoms with E-state index in [9.17, 15) is 24.6 Å². The van der Waals surface area contributed by atoms with E-state index in [1.54, 1.807) is 0 Å². The maximum absolute atomic E-state index is 12.2. The number of hydrogen-bond acceptors (Lipinski definition) is 6. The number of carboxylic acid groups (broad SMARTS) is 1. The molecule has 0 spiro atoms. The maximum atomic E-state index is 12.2. The van der Waals surface area contributed by atoms with Gasteiger partial charge in [-0.15, -0.1) is 23.1 Å². The molecule has 3 heterocycles. The summed E-state index contributed by atoms with van der Waals surface area (Å²) in [5.41, 5.74) is 0.153. The Bertz CT molecular complexity index is 697. The molecule has 0 aromatic carbocycles. The molecule has 10 heteroatoms. The van der Waals surface area contributed by atoms with E-state index in [2.05, 4.69) is 5.32 Å². The van der Waals surface area contributed by atoms with Crippen LogP contribution in [0.3, 0.4) is 0 Å². The molecule has 0 bridgehead atoms. The van der Waals surface area contributed by atoms with Crippen LogP contribution in [0.1, 0.15) is 6.30 Å². The third-order valence-electron chi connectivity index (χ3n) is 3.67. The standard InChI is InChI=1S/C14H14N2O5S2.Na.H/c17-5-7-6-23-13-10(12(19)16(13)11(7)14(20)21)15-9(18)4-8-2-1-3-22-8;;/h1-3,10,13,17H,4-6H2,(H,15,18)(H,20,21);;/q;+1;-1/t10-,13-;;/m1../s1. The molecule has 2 aliphatic heterocycles. The Morgan fingerprint density at radius 1 is 1.46 bits per heavy atom. The third-order valence-corrected chi connectivity index (χ3v) is 5.89. The number of carboxylic acids is 1. The molecule has 2 aliphatic rings. The van der Waals surface area contributed by atoms with E-state index >= 15 is 0 Å². The van der Waals surface area contributed by atoms with Gasteiger partial charge < -0.3 is 17.0 Å². The van der Waals surface area contributed by atoms with Gasteiger partial charge in [-0.25, -0.2) is 4.79 Å². The van der Waals surface area contributed by atoms with Crippen molar-refractivity contribution in [2.45, 2.75) is 17.8 Å². The van der Waals surface area contributed by atoms with Gasteiger partial charge in [0.2, 0.25) is 5.91 Å². The van der Waals surface area contributed by atoms with Crippen LogP contribution < -0.4 is 34.9 Å². The number of aliphatic carboxylic acids is 1. The molecule has 2 atom stereocenters. The zero-order valence-electron chi connectivity index (χ0n) is 13.9. The molecule has 24 heavy (non-hydrogen) atoms. The van der Waals surface area contributed by atoms with Crippen LogP contribution in [0.25, 0.3) is 0 Å². The summed E-state index contributed by atoms with van der Waals surface area (Å²) in [6, 6.07) is 2.97. The van der Waals surface area contributed by atoms with Gasteiger partial charge in [-0.1, -0.05) is 6.07 Å². The fourth-order valence-corrected chi connectivity index (χ4v) is 4.64. The van der Waals surface area contributed by atoms with E-state index in [0.717, 1.165) is 9.78 Å². The Morgan fingerprint density at radius 2 is 2.21 bits per heavy atom. The van der Waals surface area contributed by atoms with Crippen molar-refractivity contribution in [3.63, 3.8) is 0 Å². The first-order valence-electron chi connectivity index (χ1n) is 6.85. The first kappa shape index (κ1) is 19.5. The molecule has 0 saturated carbocycles. The van der Waals surface area contributed by atoms with Crippen molar-refractivity contribution >= 4 is 40.9 Å². The minimum Gasteiger partial charge on any atom is -1.00 e. The second-order valence-electron chi connectivity index (χ2n) is 5.13. The monoisotopic (exact) mass is 378 g/mol.